The van der Waals surface area contributed by atoms with E-state index in [1.165, 1.54) is 12.1 Å². The standard InChI is InChI=1S/C28H28N2O5/c1-2-20(15-26(31)29-16-18-11-13-19(14-12-18)27(32)33)30-28(34)35-17-25-23-9-5-3-7-21(23)22-8-4-6-10-24(22)25/h3-14,20,25H,2,15-17H2,1H3,(H,29,31)(H,30,34)(H,32,33). The summed E-state index contributed by atoms with van der Waals surface area (Å²) in [7, 11) is 0. The van der Waals surface area contributed by atoms with Gasteiger partial charge in [0.1, 0.15) is 6.61 Å². The lowest BCUT2D eigenvalue weighted by Crippen LogP contribution is -2.39. The molecule has 0 saturated heterocycles. The Morgan fingerprint density at radius 1 is 0.914 bits per heavy atom. The third-order valence-corrected chi connectivity index (χ3v) is 6.28. The quantitative estimate of drug-likeness (QED) is 0.418. The fraction of sp³-hybridized carbons (Fsp3) is 0.250. The molecule has 7 heteroatoms. The molecule has 0 aliphatic heterocycles. The molecule has 35 heavy (non-hydrogen) atoms. The summed E-state index contributed by atoms with van der Waals surface area (Å²) in [5.74, 6) is -1.23. The van der Waals surface area contributed by atoms with E-state index in [4.69, 9.17) is 9.84 Å². The van der Waals surface area contributed by atoms with Crippen LogP contribution in [-0.4, -0.2) is 35.7 Å². The van der Waals surface area contributed by atoms with E-state index in [1.807, 2.05) is 31.2 Å². The van der Waals surface area contributed by atoms with Crippen LogP contribution in [0.3, 0.4) is 0 Å². The van der Waals surface area contributed by atoms with Crippen LogP contribution in [0, 0.1) is 0 Å². The van der Waals surface area contributed by atoms with Gasteiger partial charge in [0.2, 0.25) is 5.91 Å². The second-order valence-corrected chi connectivity index (χ2v) is 8.56. The molecule has 0 spiro atoms. The molecular formula is C28H28N2O5. The highest BCUT2D eigenvalue weighted by molar-refractivity contribution is 5.87. The van der Waals surface area contributed by atoms with Crippen molar-refractivity contribution in [2.45, 2.75) is 38.3 Å². The summed E-state index contributed by atoms with van der Waals surface area (Å²) in [5.41, 5.74) is 5.60. The minimum atomic E-state index is -0.995. The Hall–Kier alpha value is -4.13. The molecule has 0 bridgehead atoms. The van der Waals surface area contributed by atoms with Crippen molar-refractivity contribution in [1.82, 2.24) is 10.6 Å². The minimum absolute atomic E-state index is 0.0240. The third-order valence-electron chi connectivity index (χ3n) is 6.28. The number of alkyl carbamates (subject to hydrolysis) is 1. The smallest absolute Gasteiger partial charge is 0.407 e. The highest BCUT2D eigenvalue weighted by Gasteiger charge is 2.29. The number of benzene rings is 3. The minimum Gasteiger partial charge on any atom is -0.478 e. The first-order chi connectivity index (χ1) is 17.0. The maximum Gasteiger partial charge on any atom is 0.407 e. The number of carbonyl (C=O) groups excluding carboxylic acids is 2. The van der Waals surface area contributed by atoms with Gasteiger partial charge >= 0.3 is 12.1 Å². The molecular weight excluding hydrogens is 444 g/mol. The van der Waals surface area contributed by atoms with Crippen molar-refractivity contribution >= 4 is 18.0 Å². The van der Waals surface area contributed by atoms with Gasteiger partial charge in [0.25, 0.3) is 0 Å². The van der Waals surface area contributed by atoms with Gasteiger partial charge in [-0.3, -0.25) is 4.79 Å². The highest BCUT2D eigenvalue weighted by Crippen LogP contribution is 2.44. The zero-order valence-corrected chi connectivity index (χ0v) is 19.5. The van der Waals surface area contributed by atoms with Crippen molar-refractivity contribution in [2.24, 2.45) is 0 Å². The molecule has 1 aliphatic rings. The molecule has 1 aliphatic carbocycles. The number of carboxylic acid groups (broad SMARTS) is 1. The molecule has 3 aromatic rings. The van der Waals surface area contributed by atoms with Gasteiger partial charge in [0, 0.05) is 24.9 Å². The third kappa shape index (κ3) is 5.69. The van der Waals surface area contributed by atoms with E-state index in [9.17, 15) is 14.4 Å². The van der Waals surface area contributed by atoms with Crippen molar-refractivity contribution in [3.63, 3.8) is 0 Å². The fourth-order valence-corrected chi connectivity index (χ4v) is 4.37. The summed E-state index contributed by atoms with van der Waals surface area (Å²) in [6, 6.07) is 22.3. The predicted octanol–water partition coefficient (Wildman–Crippen LogP) is 4.71. The summed E-state index contributed by atoms with van der Waals surface area (Å²) >= 11 is 0. The number of carbonyl (C=O) groups is 3. The van der Waals surface area contributed by atoms with Crippen LogP contribution in [0.15, 0.2) is 72.8 Å². The van der Waals surface area contributed by atoms with Crippen LogP contribution in [-0.2, 0) is 16.1 Å². The number of carboxylic acids is 1. The SMILES string of the molecule is CCC(CC(=O)NCc1ccc(C(=O)O)cc1)NC(=O)OCC1c2ccccc2-c2ccccc21. The van der Waals surface area contributed by atoms with E-state index in [0.717, 1.165) is 27.8 Å². The van der Waals surface area contributed by atoms with Crippen LogP contribution in [0.1, 0.15) is 52.7 Å². The second-order valence-electron chi connectivity index (χ2n) is 8.56. The number of ether oxygens (including phenoxy) is 1. The Kier molecular flexibility index (Phi) is 7.45. The number of hydrogen-bond donors (Lipinski definition) is 3. The molecule has 0 fully saturated rings. The summed E-state index contributed by atoms with van der Waals surface area (Å²) in [6.07, 6.45) is 0.148. The van der Waals surface area contributed by atoms with E-state index in [0.29, 0.717) is 6.42 Å². The number of fused-ring (bicyclic) bond motifs is 3. The maximum absolute atomic E-state index is 12.5. The topological polar surface area (TPSA) is 105 Å². The van der Waals surface area contributed by atoms with Crippen LogP contribution in [0.4, 0.5) is 4.79 Å². The molecule has 3 aromatic carbocycles. The molecule has 0 radical (unpaired) electrons. The van der Waals surface area contributed by atoms with Crippen LogP contribution >= 0.6 is 0 Å². The van der Waals surface area contributed by atoms with Crippen molar-refractivity contribution in [3.8, 4) is 11.1 Å². The van der Waals surface area contributed by atoms with Gasteiger partial charge in [0.15, 0.2) is 0 Å². The van der Waals surface area contributed by atoms with Gasteiger partial charge in [0.05, 0.1) is 5.56 Å². The zero-order chi connectivity index (χ0) is 24.8. The average Bonchev–Trinajstić information content (AvgIpc) is 3.19. The van der Waals surface area contributed by atoms with E-state index in [-0.39, 0.29) is 43.0 Å². The van der Waals surface area contributed by atoms with Crippen LogP contribution < -0.4 is 10.6 Å². The molecule has 180 valence electrons. The molecule has 0 heterocycles. The summed E-state index contributed by atoms with van der Waals surface area (Å²) in [4.78, 5) is 35.9. The van der Waals surface area contributed by atoms with Crippen molar-refractivity contribution in [3.05, 3.63) is 95.1 Å². The van der Waals surface area contributed by atoms with Gasteiger partial charge in [-0.1, -0.05) is 67.6 Å². The first-order valence-corrected chi connectivity index (χ1v) is 11.7. The normalized spacial score (nSPS) is 12.8. The van der Waals surface area contributed by atoms with E-state index >= 15 is 0 Å². The molecule has 2 amide bonds. The first-order valence-electron chi connectivity index (χ1n) is 11.7. The zero-order valence-electron chi connectivity index (χ0n) is 19.5. The predicted molar refractivity (Wildman–Crippen MR) is 132 cm³/mol. The lowest BCUT2D eigenvalue weighted by molar-refractivity contribution is -0.121. The Bertz CT molecular complexity index is 1180. The Morgan fingerprint density at radius 3 is 2.09 bits per heavy atom. The summed E-state index contributed by atoms with van der Waals surface area (Å²) in [6.45, 7) is 2.39. The molecule has 1 atom stereocenters. The molecule has 1 unspecified atom stereocenters. The number of rotatable bonds is 9. The molecule has 4 rings (SSSR count). The number of hydrogen-bond acceptors (Lipinski definition) is 4. The van der Waals surface area contributed by atoms with Crippen molar-refractivity contribution < 1.29 is 24.2 Å². The maximum atomic E-state index is 12.5. The van der Waals surface area contributed by atoms with E-state index in [2.05, 4.69) is 34.9 Å². The summed E-state index contributed by atoms with van der Waals surface area (Å²) in [5, 5.41) is 14.6. The van der Waals surface area contributed by atoms with Crippen LogP contribution in [0.5, 0.6) is 0 Å². The van der Waals surface area contributed by atoms with Crippen molar-refractivity contribution in [2.75, 3.05) is 6.61 Å². The van der Waals surface area contributed by atoms with Gasteiger partial charge < -0.3 is 20.5 Å². The summed E-state index contributed by atoms with van der Waals surface area (Å²) < 4.78 is 5.58. The van der Waals surface area contributed by atoms with Gasteiger partial charge in [-0.15, -0.1) is 0 Å². The Labute approximate surface area is 204 Å². The van der Waals surface area contributed by atoms with Crippen LogP contribution in [0.25, 0.3) is 11.1 Å². The molecule has 0 saturated carbocycles. The molecule has 7 nitrogen and oxygen atoms in total. The number of amides is 2. The highest BCUT2D eigenvalue weighted by atomic mass is 16.5. The molecule has 3 N–H and O–H groups in total. The first kappa shape index (κ1) is 24.0. The lowest BCUT2D eigenvalue weighted by Gasteiger charge is -2.19. The average molecular weight is 473 g/mol. The monoisotopic (exact) mass is 472 g/mol. The van der Waals surface area contributed by atoms with Gasteiger partial charge in [-0.05, 0) is 46.4 Å². The van der Waals surface area contributed by atoms with E-state index in [1.54, 1.807) is 12.1 Å². The van der Waals surface area contributed by atoms with Gasteiger partial charge in [-0.2, -0.15) is 0 Å². The Morgan fingerprint density at radius 2 is 1.51 bits per heavy atom. The van der Waals surface area contributed by atoms with Crippen molar-refractivity contribution in [1.29, 1.82) is 0 Å². The Balaban J connectivity index is 1.27. The largest absolute Gasteiger partial charge is 0.478 e. The van der Waals surface area contributed by atoms with Gasteiger partial charge in [-0.25, -0.2) is 9.59 Å². The molecule has 0 aromatic heterocycles. The van der Waals surface area contributed by atoms with Crippen LogP contribution in [0.2, 0.25) is 0 Å². The lowest BCUT2D eigenvalue weighted by atomic mass is 9.98. The number of nitrogens with one attached hydrogen (secondary N) is 2. The fourth-order valence-electron chi connectivity index (χ4n) is 4.37. The number of aromatic carboxylic acids is 1. The van der Waals surface area contributed by atoms with E-state index < -0.39 is 12.1 Å². The second kappa shape index (κ2) is 10.9.